The molecule has 2 aliphatic rings. The molecule has 1 amide bonds. The number of hydrogen-bond donors (Lipinski definition) is 10. The lowest BCUT2D eigenvalue weighted by Gasteiger charge is -2.45. The smallest absolute Gasteiger partial charge is 0.321 e. The van der Waals surface area contributed by atoms with Crippen LogP contribution in [0.15, 0.2) is 0 Å². The van der Waals surface area contributed by atoms with Crippen LogP contribution in [-0.2, 0) is 23.8 Å². The molecule has 0 unspecified atom stereocenters. The number of carbonyl (C=O) groups excluding carboxylic acids is 1. The predicted molar refractivity (Wildman–Crippen MR) is 94.8 cm³/mol. The molecule has 2 aliphatic heterocycles. The third-order valence-corrected chi connectivity index (χ3v) is 5.16. The molecule has 2 rings (SSSR count). The molecule has 0 aliphatic carbocycles. The topological polar surface area (TPSA) is 262 Å². The van der Waals surface area contributed by atoms with Crippen molar-refractivity contribution in [2.24, 2.45) is 5.73 Å². The van der Waals surface area contributed by atoms with Gasteiger partial charge in [-0.2, -0.15) is 0 Å². The van der Waals surface area contributed by atoms with Crippen LogP contribution in [0.1, 0.15) is 6.42 Å². The number of aliphatic hydroxyl groups excluding tert-OH is 7. The van der Waals surface area contributed by atoms with Crippen LogP contribution in [0.4, 0.5) is 0 Å². The maximum Gasteiger partial charge on any atom is 0.321 e. The lowest BCUT2D eigenvalue weighted by Crippen LogP contribution is -2.67. The van der Waals surface area contributed by atoms with Gasteiger partial charge in [-0.05, 0) is 0 Å². The first-order valence-electron chi connectivity index (χ1n) is 9.35. The number of amides is 1. The third-order valence-electron chi connectivity index (χ3n) is 5.16. The summed E-state index contributed by atoms with van der Waals surface area (Å²) in [6, 6.07) is -3.09. The van der Waals surface area contributed by atoms with Crippen molar-refractivity contribution in [1.29, 1.82) is 0 Å². The molecule has 11 N–H and O–H groups in total. The quantitative estimate of drug-likeness (QED) is 0.155. The van der Waals surface area contributed by atoms with E-state index in [2.05, 4.69) is 5.32 Å². The van der Waals surface area contributed by atoms with Crippen LogP contribution < -0.4 is 11.1 Å². The first-order valence-corrected chi connectivity index (χ1v) is 9.35. The average Bonchev–Trinajstić information content (AvgIpc) is 2.97. The van der Waals surface area contributed by atoms with E-state index in [1.54, 1.807) is 0 Å². The summed E-state index contributed by atoms with van der Waals surface area (Å²) in [7, 11) is 0. The number of nitrogens with one attached hydrogen (secondary N) is 1. The van der Waals surface area contributed by atoms with E-state index in [9.17, 15) is 45.3 Å². The Labute approximate surface area is 175 Å². The summed E-state index contributed by atoms with van der Waals surface area (Å²) >= 11 is 0. The van der Waals surface area contributed by atoms with Crippen molar-refractivity contribution in [2.45, 2.75) is 67.2 Å². The summed E-state index contributed by atoms with van der Waals surface area (Å²) in [6.45, 7) is -2.59. The fourth-order valence-electron chi connectivity index (χ4n) is 3.35. The van der Waals surface area contributed by atoms with Crippen molar-refractivity contribution in [3.8, 4) is 0 Å². The number of aliphatic carboxylic acids is 1. The summed E-state index contributed by atoms with van der Waals surface area (Å²) < 4.78 is 15.8. The van der Waals surface area contributed by atoms with Gasteiger partial charge in [-0.15, -0.1) is 0 Å². The fraction of sp³-hybridized carbons (Fsp3) is 0.875. The lowest BCUT2D eigenvalue weighted by atomic mass is 9.95. The minimum absolute atomic E-state index is 0.686. The highest BCUT2D eigenvalue weighted by Crippen LogP contribution is 2.35. The van der Waals surface area contributed by atoms with Gasteiger partial charge in [-0.1, -0.05) is 0 Å². The number of carboxylic acid groups (broad SMARTS) is 1. The van der Waals surface area contributed by atoms with E-state index in [1.807, 2.05) is 0 Å². The van der Waals surface area contributed by atoms with E-state index < -0.39 is 98.9 Å². The number of ether oxygens (including phenoxy) is 3. The maximum absolute atomic E-state index is 12.1. The van der Waals surface area contributed by atoms with Gasteiger partial charge in [0, 0.05) is 0 Å². The van der Waals surface area contributed by atoms with Crippen LogP contribution in [0, 0.1) is 0 Å². The van der Waals surface area contributed by atoms with Gasteiger partial charge in [0.2, 0.25) is 11.7 Å². The second kappa shape index (κ2) is 10.4. The molecule has 2 saturated heterocycles. The van der Waals surface area contributed by atoms with Crippen LogP contribution >= 0.6 is 0 Å². The molecular weight excluding hydrogens is 428 g/mol. The molecule has 0 spiro atoms. The standard InChI is InChI=1S/C16H28N2O13/c17-5(14(27)28)1-8(22)18-9-10(23)6(2-19)29-15(12(9)25)31-16(4-21)13(26)11(24)7(3-20)30-16/h5-7,9-13,15,19-21,23-26H,1-4,17H2,(H,18,22)(H,27,28)/t5-,6+,7+,9+,10+,11+,12+,13-,15+,16-/m0/s1. The van der Waals surface area contributed by atoms with Crippen LogP contribution in [0.2, 0.25) is 0 Å². The average molecular weight is 456 g/mol. The number of aliphatic hydroxyl groups is 7. The SMILES string of the molecule is N[C@@H](CC(=O)N[C@H]1[C@@H](O)[C@@H](O[C@]2(CO)O[C@H](CO)[C@@H](O)[C@@H]2O)O[C@H](CO)[C@H]1O)C(=O)O. The number of nitrogens with two attached hydrogens (primary N) is 1. The highest BCUT2D eigenvalue weighted by Gasteiger charge is 2.58. The molecule has 0 saturated carbocycles. The number of carbonyl (C=O) groups is 2. The minimum atomic E-state index is -2.35. The molecule has 2 fully saturated rings. The molecule has 10 atom stereocenters. The molecular formula is C16H28N2O13. The Kier molecular flexibility index (Phi) is 8.65. The van der Waals surface area contributed by atoms with E-state index in [4.69, 9.17) is 25.1 Å². The lowest BCUT2D eigenvalue weighted by molar-refractivity contribution is -0.375. The molecule has 0 radical (unpaired) electrons. The first-order chi connectivity index (χ1) is 14.5. The zero-order valence-electron chi connectivity index (χ0n) is 16.2. The first kappa shape index (κ1) is 25.8. The van der Waals surface area contributed by atoms with Crippen molar-refractivity contribution >= 4 is 11.9 Å². The summed E-state index contributed by atoms with van der Waals surface area (Å²) in [4.78, 5) is 22.9. The summed E-state index contributed by atoms with van der Waals surface area (Å²) in [6.07, 6.45) is -12.3. The molecule has 31 heavy (non-hydrogen) atoms. The van der Waals surface area contributed by atoms with Gasteiger partial charge in [-0.3, -0.25) is 9.59 Å². The van der Waals surface area contributed by atoms with E-state index in [0.29, 0.717) is 0 Å². The van der Waals surface area contributed by atoms with Crippen LogP contribution in [-0.4, -0.2) is 133 Å². The summed E-state index contributed by atoms with van der Waals surface area (Å²) in [5.74, 6) is -4.74. The van der Waals surface area contributed by atoms with Crippen LogP contribution in [0.25, 0.3) is 0 Å². The Morgan fingerprint density at radius 3 is 2.13 bits per heavy atom. The van der Waals surface area contributed by atoms with E-state index in [-0.39, 0.29) is 0 Å². The third kappa shape index (κ3) is 5.29. The second-order valence-electron chi connectivity index (χ2n) is 7.31. The molecule has 15 nitrogen and oxygen atoms in total. The Bertz CT molecular complexity index is 639. The molecule has 0 aromatic rings. The van der Waals surface area contributed by atoms with Gasteiger partial charge >= 0.3 is 5.97 Å². The van der Waals surface area contributed by atoms with Crippen molar-refractivity contribution in [3.63, 3.8) is 0 Å². The monoisotopic (exact) mass is 456 g/mol. The van der Waals surface area contributed by atoms with Gasteiger partial charge in [0.1, 0.15) is 49.3 Å². The molecule has 180 valence electrons. The van der Waals surface area contributed by atoms with Crippen molar-refractivity contribution in [1.82, 2.24) is 5.32 Å². The maximum atomic E-state index is 12.1. The molecule has 15 heteroatoms. The summed E-state index contributed by atoms with van der Waals surface area (Å²) in [5, 5.41) is 80.4. The number of carboxylic acids is 1. The zero-order chi connectivity index (χ0) is 23.5. The van der Waals surface area contributed by atoms with Crippen molar-refractivity contribution < 1.29 is 64.7 Å². The second-order valence-corrected chi connectivity index (χ2v) is 7.31. The molecule has 0 aromatic heterocycles. The van der Waals surface area contributed by atoms with Gasteiger partial charge in [0.25, 0.3) is 0 Å². The van der Waals surface area contributed by atoms with E-state index in [1.165, 1.54) is 0 Å². The van der Waals surface area contributed by atoms with E-state index >= 15 is 0 Å². The van der Waals surface area contributed by atoms with Gasteiger partial charge in [0.05, 0.1) is 25.7 Å². The normalized spacial score (nSPS) is 41.7. The van der Waals surface area contributed by atoms with Crippen LogP contribution in [0.5, 0.6) is 0 Å². The minimum Gasteiger partial charge on any atom is -0.480 e. The van der Waals surface area contributed by atoms with Crippen molar-refractivity contribution in [2.75, 3.05) is 19.8 Å². The molecule has 0 bridgehead atoms. The van der Waals surface area contributed by atoms with Crippen molar-refractivity contribution in [3.05, 3.63) is 0 Å². The zero-order valence-corrected chi connectivity index (χ0v) is 16.2. The summed E-state index contributed by atoms with van der Waals surface area (Å²) in [5.41, 5.74) is 5.28. The Morgan fingerprint density at radius 1 is 1.03 bits per heavy atom. The largest absolute Gasteiger partial charge is 0.480 e. The van der Waals surface area contributed by atoms with Gasteiger partial charge in [0.15, 0.2) is 6.29 Å². The predicted octanol–water partition coefficient (Wildman–Crippen LogP) is -6.47. The Hall–Kier alpha value is -1.50. The Balaban J connectivity index is 2.20. The molecule has 2 heterocycles. The fourth-order valence-corrected chi connectivity index (χ4v) is 3.35. The van der Waals surface area contributed by atoms with Crippen LogP contribution in [0.3, 0.4) is 0 Å². The molecule has 0 aromatic carbocycles. The number of hydrogen-bond acceptors (Lipinski definition) is 13. The highest BCUT2D eigenvalue weighted by atomic mass is 16.8. The van der Waals surface area contributed by atoms with E-state index in [0.717, 1.165) is 0 Å². The number of rotatable bonds is 9. The van der Waals surface area contributed by atoms with Gasteiger partial charge in [-0.25, -0.2) is 0 Å². The van der Waals surface area contributed by atoms with Gasteiger partial charge < -0.3 is 66.1 Å². The highest BCUT2D eigenvalue weighted by molar-refractivity contribution is 5.84. The Morgan fingerprint density at radius 2 is 1.65 bits per heavy atom.